The normalized spacial score (nSPS) is 10.2. The highest BCUT2D eigenvalue weighted by molar-refractivity contribution is 5.78. The van der Waals surface area contributed by atoms with Gasteiger partial charge in [-0.2, -0.15) is 0 Å². The lowest BCUT2D eigenvalue weighted by Crippen LogP contribution is -1.85. The second kappa shape index (κ2) is 4.41. The van der Waals surface area contributed by atoms with Crippen molar-refractivity contribution in [2.75, 3.05) is 0 Å². The third-order valence-corrected chi connectivity index (χ3v) is 1.81. The van der Waals surface area contributed by atoms with Crippen molar-refractivity contribution in [3.63, 3.8) is 0 Å². The van der Waals surface area contributed by atoms with Gasteiger partial charge in [-0.3, -0.25) is 4.79 Å². The Balaban J connectivity index is 3.22. The first-order valence-electron chi connectivity index (χ1n) is 4.16. The molecule has 0 bridgehead atoms. The van der Waals surface area contributed by atoms with Crippen molar-refractivity contribution in [3.8, 4) is 0 Å². The molecule has 13 heavy (non-hydrogen) atoms. The summed E-state index contributed by atoms with van der Waals surface area (Å²) in [5, 5.41) is 0. The van der Waals surface area contributed by atoms with Gasteiger partial charge < -0.3 is 0 Å². The molecule has 1 aromatic rings. The van der Waals surface area contributed by atoms with Crippen molar-refractivity contribution in [3.05, 3.63) is 47.5 Å². The van der Waals surface area contributed by atoms with E-state index in [4.69, 9.17) is 0 Å². The van der Waals surface area contributed by atoms with Gasteiger partial charge in [0.15, 0.2) is 0 Å². The zero-order valence-electron chi connectivity index (χ0n) is 7.66. The van der Waals surface area contributed by atoms with E-state index in [9.17, 15) is 4.79 Å². The Kier molecular flexibility index (Phi) is 3.21. The number of carbonyl (C=O) groups excluding carboxylic acids is 1. The summed E-state index contributed by atoms with van der Waals surface area (Å²) in [5.41, 5.74) is 2.76. The topological polar surface area (TPSA) is 17.1 Å². The van der Waals surface area contributed by atoms with Crippen LogP contribution in [0.1, 0.15) is 28.4 Å². The first-order valence-corrected chi connectivity index (χ1v) is 4.16. The molecule has 66 valence electrons. The molecular formula is C12H12O. The van der Waals surface area contributed by atoms with E-state index in [-0.39, 0.29) is 0 Å². The molecule has 0 saturated carbocycles. The van der Waals surface area contributed by atoms with Crippen LogP contribution in [0, 0.1) is 0 Å². The first-order chi connectivity index (χ1) is 6.31. The molecule has 0 radical (unpaired) electrons. The molecule has 0 amide bonds. The fraction of sp³-hybridized carbons (Fsp3) is 0.0833. The van der Waals surface area contributed by atoms with Crippen LogP contribution in [0.15, 0.2) is 30.9 Å². The van der Waals surface area contributed by atoms with Gasteiger partial charge in [0.25, 0.3) is 0 Å². The van der Waals surface area contributed by atoms with Gasteiger partial charge in [-0.1, -0.05) is 36.9 Å². The number of hydrogen-bond acceptors (Lipinski definition) is 1. The molecular weight excluding hydrogens is 160 g/mol. The van der Waals surface area contributed by atoms with Crippen molar-refractivity contribution in [1.82, 2.24) is 0 Å². The molecule has 1 rings (SSSR count). The average molecular weight is 172 g/mol. The summed E-state index contributed by atoms with van der Waals surface area (Å²) in [5.74, 6) is 0. The van der Waals surface area contributed by atoms with Crippen LogP contribution in [-0.4, -0.2) is 6.29 Å². The Bertz CT molecular complexity index is 348. The number of hydrogen-bond donors (Lipinski definition) is 0. The van der Waals surface area contributed by atoms with Gasteiger partial charge in [0.05, 0.1) is 0 Å². The molecule has 0 aliphatic carbocycles. The Morgan fingerprint density at radius 1 is 1.31 bits per heavy atom. The van der Waals surface area contributed by atoms with Crippen molar-refractivity contribution in [2.24, 2.45) is 0 Å². The highest BCUT2D eigenvalue weighted by atomic mass is 16.1. The molecule has 1 aromatic carbocycles. The van der Waals surface area contributed by atoms with Crippen molar-refractivity contribution in [1.29, 1.82) is 0 Å². The second-order valence-corrected chi connectivity index (χ2v) is 2.71. The quantitative estimate of drug-likeness (QED) is 0.640. The smallest absolute Gasteiger partial charge is 0.150 e. The van der Waals surface area contributed by atoms with Crippen LogP contribution < -0.4 is 0 Å². The minimum absolute atomic E-state index is 0.683. The first kappa shape index (κ1) is 9.46. The maximum absolute atomic E-state index is 10.5. The fourth-order valence-electron chi connectivity index (χ4n) is 1.17. The van der Waals surface area contributed by atoms with Crippen molar-refractivity contribution in [2.45, 2.75) is 6.92 Å². The number of rotatable bonds is 3. The zero-order valence-corrected chi connectivity index (χ0v) is 7.66. The number of carbonyl (C=O) groups is 1. The fourth-order valence-corrected chi connectivity index (χ4v) is 1.17. The molecule has 0 spiro atoms. The molecule has 0 atom stereocenters. The van der Waals surface area contributed by atoms with E-state index in [1.54, 1.807) is 12.1 Å². The van der Waals surface area contributed by atoms with Gasteiger partial charge in [-0.15, -0.1) is 0 Å². The molecule has 0 fully saturated rings. The van der Waals surface area contributed by atoms with Crippen LogP contribution in [0.3, 0.4) is 0 Å². The molecule has 1 nitrogen and oxygen atoms in total. The van der Waals surface area contributed by atoms with Crippen LogP contribution >= 0.6 is 0 Å². The largest absolute Gasteiger partial charge is 0.298 e. The summed E-state index contributed by atoms with van der Waals surface area (Å²) < 4.78 is 0. The summed E-state index contributed by atoms with van der Waals surface area (Å²) >= 11 is 0. The zero-order chi connectivity index (χ0) is 9.68. The van der Waals surface area contributed by atoms with E-state index in [0.29, 0.717) is 5.56 Å². The SMILES string of the molecule is C=Cc1cc(C=O)ccc1/C=C\C. The molecule has 0 unspecified atom stereocenters. The Morgan fingerprint density at radius 3 is 2.62 bits per heavy atom. The van der Waals surface area contributed by atoms with E-state index >= 15 is 0 Å². The van der Waals surface area contributed by atoms with Crippen LogP contribution in [0.5, 0.6) is 0 Å². The Morgan fingerprint density at radius 2 is 2.08 bits per heavy atom. The lowest BCUT2D eigenvalue weighted by Gasteiger charge is -2.00. The maximum Gasteiger partial charge on any atom is 0.150 e. The minimum Gasteiger partial charge on any atom is -0.298 e. The summed E-state index contributed by atoms with van der Waals surface area (Å²) in [6, 6.07) is 5.55. The summed E-state index contributed by atoms with van der Waals surface area (Å²) in [4.78, 5) is 10.5. The van der Waals surface area contributed by atoms with E-state index < -0.39 is 0 Å². The van der Waals surface area contributed by atoms with Gasteiger partial charge in [-0.25, -0.2) is 0 Å². The van der Waals surface area contributed by atoms with Gasteiger partial charge in [-0.05, 0) is 24.1 Å². The average Bonchev–Trinajstić information content (AvgIpc) is 2.19. The molecule has 0 aliphatic rings. The number of aldehydes is 1. The highest BCUT2D eigenvalue weighted by Crippen LogP contribution is 2.14. The third-order valence-electron chi connectivity index (χ3n) is 1.81. The van der Waals surface area contributed by atoms with Gasteiger partial charge in [0, 0.05) is 5.56 Å². The highest BCUT2D eigenvalue weighted by Gasteiger charge is 1.96. The monoisotopic (exact) mass is 172 g/mol. The standard InChI is InChI=1S/C12H12O/c1-3-5-12-7-6-10(9-13)8-11(12)4-2/h3-9H,2H2,1H3/b5-3-. The molecule has 0 heterocycles. The molecule has 1 heteroatoms. The Labute approximate surface area is 78.4 Å². The van der Waals surface area contributed by atoms with Crippen LogP contribution in [-0.2, 0) is 0 Å². The summed E-state index contributed by atoms with van der Waals surface area (Å²) in [7, 11) is 0. The van der Waals surface area contributed by atoms with Crippen LogP contribution in [0.25, 0.3) is 12.2 Å². The summed E-state index contributed by atoms with van der Waals surface area (Å²) in [6.45, 7) is 5.66. The third kappa shape index (κ3) is 2.15. The van der Waals surface area contributed by atoms with Crippen molar-refractivity contribution < 1.29 is 4.79 Å². The van der Waals surface area contributed by atoms with E-state index in [1.807, 2.05) is 31.2 Å². The molecule has 0 aromatic heterocycles. The van der Waals surface area contributed by atoms with Crippen LogP contribution in [0.4, 0.5) is 0 Å². The number of benzene rings is 1. The lowest BCUT2D eigenvalue weighted by atomic mass is 10.0. The Hall–Kier alpha value is -1.63. The predicted molar refractivity (Wildman–Crippen MR) is 56.6 cm³/mol. The molecule has 0 N–H and O–H groups in total. The molecule has 0 saturated heterocycles. The summed E-state index contributed by atoms with van der Waals surface area (Å²) in [6.07, 6.45) is 6.54. The van der Waals surface area contributed by atoms with Crippen molar-refractivity contribution >= 4 is 18.4 Å². The minimum atomic E-state index is 0.683. The van der Waals surface area contributed by atoms with E-state index in [2.05, 4.69) is 6.58 Å². The van der Waals surface area contributed by atoms with Gasteiger partial charge >= 0.3 is 0 Å². The van der Waals surface area contributed by atoms with Gasteiger partial charge in [0.2, 0.25) is 0 Å². The van der Waals surface area contributed by atoms with E-state index in [1.165, 1.54) is 0 Å². The van der Waals surface area contributed by atoms with Gasteiger partial charge in [0.1, 0.15) is 6.29 Å². The second-order valence-electron chi connectivity index (χ2n) is 2.71. The predicted octanol–water partition coefficient (Wildman–Crippen LogP) is 3.18. The number of allylic oxidation sites excluding steroid dienone is 1. The molecule has 0 aliphatic heterocycles. The van der Waals surface area contributed by atoms with E-state index in [0.717, 1.165) is 17.4 Å². The maximum atomic E-state index is 10.5. The lowest BCUT2D eigenvalue weighted by molar-refractivity contribution is 0.112. The van der Waals surface area contributed by atoms with Crippen LogP contribution in [0.2, 0.25) is 0 Å².